The van der Waals surface area contributed by atoms with Crippen LogP contribution < -0.4 is 15.4 Å². The highest BCUT2D eigenvalue weighted by Gasteiger charge is 2.02. The van der Waals surface area contributed by atoms with Crippen molar-refractivity contribution in [3.63, 3.8) is 0 Å². The number of hydrogen-bond acceptors (Lipinski definition) is 4. The highest BCUT2D eigenvalue weighted by Crippen LogP contribution is 2.14. The second kappa shape index (κ2) is 11.4. The average molecular weight is 393 g/mol. The summed E-state index contributed by atoms with van der Waals surface area (Å²) in [4.78, 5) is 19.8. The number of ether oxygens (including phenoxy) is 1. The number of amides is 1. The molecular formula is C18H21BrN2O3. The fraction of sp³-hybridized carbons (Fsp3) is 0.222. The minimum absolute atomic E-state index is 0.00422. The number of carbonyl (C=O) groups excluding carboxylic acids is 2. The molecular weight excluding hydrogens is 372 g/mol. The second-order valence-electron chi connectivity index (χ2n) is 4.83. The molecule has 0 saturated carbocycles. The number of benzene rings is 2. The molecule has 24 heavy (non-hydrogen) atoms. The van der Waals surface area contributed by atoms with Crippen LogP contribution in [0.2, 0.25) is 0 Å². The van der Waals surface area contributed by atoms with Crippen LogP contribution in [0.5, 0.6) is 5.75 Å². The zero-order valence-electron chi connectivity index (χ0n) is 13.5. The van der Waals surface area contributed by atoms with Crippen molar-refractivity contribution in [2.75, 3.05) is 19.0 Å². The van der Waals surface area contributed by atoms with Crippen LogP contribution in [0.4, 0.5) is 5.69 Å². The Morgan fingerprint density at radius 2 is 1.71 bits per heavy atom. The lowest BCUT2D eigenvalue weighted by atomic mass is 10.2. The number of rotatable bonds is 7. The van der Waals surface area contributed by atoms with Gasteiger partial charge in [0.05, 0.1) is 7.11 Å². The van der Waals surface area contributed by atoms with E-state index in [1.807, 2.05) is 55.3 Å². The van der Waals surface area contributed by atoms with Crippen molar-refractivity contribution in [2.24, 2.45) is 0 Å². The SMILES string of the molecule is C=O.COc1ccc(CNCCC(=O)Nc2ccc(Br)cc2)cc1. The lowest BCUT2D eigenvalue weighted by molar-refractivity contribution is -0.116. The lowest BCUT2D eigenvalue weighted by Crippen LogP contribution is -2.21. The number of carbonyl (C=O) groups is 2. The topological polar surface area (TPSA) is 67.4 Å². The molecule has 0 aliphatic heterocycles. The molecule has 128 valence electrons. The van der Waals surface area contributed by atoms with Crippen molar-refractivity contribution in [3.8, 4) is 5.75 Å². The first kappa shape index (κ1) is 19.9. The molecule has 0 bridgehead atoms. The number of halogens is 1. The maximum absolute atomic E-state index is 11.8. The van der Waals surface area contributed by atoms with E-state index in [2.05, 4.69) is 26.6 Å². The second-order valence-corrected chi connectivity index (χ2v) is 5.75. The molecule has 2 N–H and O–H groups in total. The average Bonchev–Trinajstić information content (AvgIpc) is 2.63. The van der Waals surface area contributed by atoms with Gasteiger partial charge in [0, 0.05) is 29.7 Å². The molecule has 2 aromatic carbocycles. The van der Waals surface area contributed by atoms with E-state index in [9.17, 15) is 4.79 Å². The van der Waals surface area contributed by atoms with Crippen molar-refractivity contribution >= 4 is 34.3 Å². The quantitative estimate of drug-likeness (QED) is 0.708. The molecule has 0 fully saturated rings. The Hall–Kier alpha value is -2.18. The van der Waals surface area contributed by atoms with Crippen LogP contribution in [0.1, 0.15) is 12.0 Å². The monoisotopic (exact) mass is 392 g/mol. The van der Waals surface area contributed by atoms with Crippen LogP contribution in [-0.4, -0.2) is 26.4 Å². The van der Waals surface area contributed by atoms with Crippen molar-refractivity contribution < 1.29 is 14.3 Å². The Morgan fingerprint density at radius 1 is 1.08 bits per heavy atom. The third kappa shape index (κ3) is 7.39. The van der Waals surface area contributed by atoms with Gasteiger partial charge in [-0.2, -0.15) is 0 Å². The van der Waals surface area contributed by atoms with Crippen LogP contribution in [0.3, 0.4) is 0 Å². The van der Waals surface area contributed by atoms with E-state index in [-0.39, 0.29) is 5.91 Å². The standard InChI is InChI=1S/C17H19BrN2O2.CH2O/c1-22-16-8-2-13(3-9-16)12-19-11-10-17(21)20-15-6-4-14(18)5-7-15;1-2/h2-9,19H,10-12H2,1H3,(H,20,21);1H2. The van der Waals surface area contributed by atoms with Crippen LogP contribution >= 0.6 is 15.9 Å². The Morgan fingerprint density at radius 3 is 2.29 bits per heavy atom. The normalized spacial score (nSPS) is 9.58. The first-order valence-corrected chi connectivity index (χ1v) is 8.14. The zero-order valence-corrected chi connectivity index (χ0v) is 15.1. The summed E-state index contributed by atoms with van der Waals surface area (Å²) in [7, 11) is 1.65. The maximum Gasteiger partial charge on any atom is 0.225 e. The summed E-state index contributed by atoms with van der Waals surface area (Å²) in [6, 6.07) is 15.4. The van der Waals surface area contributed by atoms with E-state index in [4.69, 9.17) is 9.53 Å². The van der Waals surface area contributed by atoms with Gasteiger partial charge in [0.15, 0.2) is 0 Å². The van der Waals surface area contributed by atoms with Gasteiger partial charge in [-0.25, -0.2) is 0 Å². The molecule has 2 aromatic rings. The number of anilines is 1. The molecule has 6 heteroatoms. The van der Waals surface area contributed by atoms with Crippen LogP contribution in [0.25, 0.3) is 0 Å². The van der Waals surface area contributed by atoms with E-state index in [1.165, 1.54) is 0 Å². The fourth-order valence-electron chi connectivity index (χ4n) is 1.93. The minimum atomic E-state index is 0.00422. The molecule has 0 saturated heterocycles. The van der Waals surface area contributed by atoms with Gasteiger partial charge in [-0.05, 0) is 42.0 Å². The van der Waals surface area contributed by atoms with E-state index < -0.39 is 0 Å². The van der Waals surface area contributed by atoms with E-state index in [0.29, 0.717) is 13.0 Å². The lowest BCUT2D eigenvalue weighted by Gasteiger charge is -2.07. The van der Waals surface area contributed by atoms with Gasteiger partial charge in [0.2, 0.25) is 5.91 Å². The third-order valence-electron chi connectivity index (χ3n) is 3.14. The molecule has 2 rings (SSSR count). The Labute approximate surface area is 150 Å². The summed E-state index contributed by atoms with van der Waals surface area (Å²) >= 11 is 3.36. The van der Waals surface area contributed by atoms with Crippen LogP contribution in [0, 0.1) is 0 Å². The number of methoxy groups -OCH3 is 1. The van der Waals surface area contributed by atoms with Crippen molar-refractivity contribution in [1.82, 2.24) is 5.32 Å². The smallest absolute Gasteiger partial charge is 0.225 e. The highest BCUT2D eigenvalue weighted by atomic mass is 79.9. The summed E-state index contributed by atoms with van der Waals surface area (Å²) in [5.74, 6) is 0.849. The van der Waals surface area contributed by atoms with Gasteiger partial charge < -0.3 is 20.2 Å². The summed E-state index contributed by atoms with van der Waals surface area (Å²) in [6.07, 6.45) is 0.437. The number of hydrogen-bond donors (Lipinski definition) is 2. The zero-order chi connectivity index (χ0) is 17.8. The van der Waals surface area contributed by atoms with Gasteiger partial charge in [-0.3, -0.25) is 4.79 Å². The van der Waals surface area contributed by atoms with Crippen LogP contribution in [-0.2, 0) is 16.1 Å². The first-order chi connectivity index (χ1) is 11.7. The number of nitrogens with one attached hydrogen (secondary N) is 2. The van der Waals surface area contributed by atoms with Gasteiger partial charge in [0.25, 0.3) is 0 Å². The van der Waals surface area contributed by atoms with E-state index in [0.717, 1.165) is 28.0 Å². The molecule has 5 nitrogen and oxygen atoms in total. The molecule has 0 aliphatic rings. The molecule has 1 amide bonds. The molecule has 0 spiro atoms. The van der Waals surface area contributed by atoms with Gasteiger partial charge in [0.1, 0.15) is 12.5 Å². The fourth-order valence-corrected chi connectivity index (χ4v) is 2.20. The van der Waals surface area contributed by atoms with E-state index in [1.54, 1.807) is 7.11 Å². The minimum Gasteiger partial charge on any atom is -0.497 e. The third-order valence-corrected chi connectivity index (χ3v) is 3.67. The summed E-state index contributed by atoms with van der Waals surface area (Å²) in [6.45, 7) is 3.37. The summed E-state index contributed by atoms with van der Waals surface area (Å²) in [5, 5.41) is 6.12. The first-order valence-electron chi connectivity index (χ1n) is 7.35. The predicted molar refractivity (Wildman–Crippen MR) is 99.2 cm³/mol. The molecule has 0 aliphatic carbocycles. The molecule has 0 atom stereocenters. The predicted octanol–water partition coefficient (Wildman–Crippen LogP) is 3.39. The molecule has 0 heterocycles. The molecule has 0 radical (unpaired) electrons. The summed E-state index contributed by atoms with van der Waals surface area (Å²) in [5.41, 5.74) is 1.97. The van der Waals surface area contributed by atoms with Crippen LogP contribution in [0.15, 0.2) is 53.0 Å². The van der Waals surface area contributed by atoms with Crippen molar-refractivity contribution in [3.05, 3.63) is 58.6 Å². The van der Waals surface area contributed by atoms with Crippen molar-refractivity contribution in [1.29, 1.82) is 0 Å². The van der Waals surface area contributed by atoms with Gasteiger partial charge in [-0.1, -0.05) is 28.1 Å². The molecule has 0 aromatic heterocycles. The highest BCUT2D eigenvalue weighted by molar-refractivity contribution is 9.10. The Balaban J connectivity index is 0.00000139. The Kier molecular flexibility index (Phi) is 9.41. The van der Waals surface area contributed by atoms with Gasteiger partial charge in [-0.15, -0.1) is 0 Å². The van der Waals surface area contributed by atoms with Gasteiger partial charge >= 0.3 is 0 Å². The largest absolute Gasteiger partial charge is 0.497 e. The van der Waals surface area contributed by atoms with E-state index >= 15 is 0 Å². The summed E-state index contributed by atoms with van der Waals surface area (Å²) < 4.78 is 6.11. The molecule has 0 unspecified atom stereocenters. The van der Waals surface area contributed by atoms with Crippen molar-refractivity contribution in [2.45, 2.75) is 13.0 Å². The maximum atomic E-state index is 11.8. The Bertz CT molecular complexity index is 615.